The van der Waals surface area contributed by atoms with Gasteiger partial charge >= 0.3 is 0 Å². The quantitative estimate of drug-likeness (QED) is 0.668. The molecule has 4 aliphatic rings. The summed E-state index contributed by atoms with van der Waals surface area (Å²) in [4.78, 5) is 0. The van der Waals surface area contributed by atoms with Crippen LogP contribution in [-0.4, -0.2) is 51.4 Å². The van der Waals surface area contributed by atoms with Crippen LogP contribution < -0.4 is 0 Å². The van der Waals surface area contributed by atoms with Crippen molar-refractivity contribution in [3.05, 3.63) is 11.8 Å². The first-order valence-corrected chi connectivity index (χ1v) is 12.3. The molecule has 0 unspecified atom stereocenters. The number of aliphatic hydroxyl groups is 1. The number of fused-ring (bicyclic) bond motifs is 5. The molecule has 9 atom stereocenters. The van der Waals surface area contributed by atoms with Crippen molar-refractivity contribution >= 4 is 0 Å². The van der Waals surface area contributed by atoms with Crippen molar-refractivity contribution in [1.29, 1.82) is 0 Å². The van der Waals surface area contributed by atoms with Crippen LogP contribution in [0.2, 0.25) is 0 Å². The van der Waals surface area contributed by atoms with Gasteiger partial charge in [-0.15, -0.1) is 0 Å². The molecule has 0 heterocycles. The Balaban J connectivity index is 1.69. The predicted molar refractivity (Wildman–Crippen MR) is 119 cm³/mol. The second kappa shape index (κ2) is 8.65. The van der Waals surface area contributed by atoms with Crippen LogP contribution in [0.5, 0.6) is 0 Å². The Kier molecular flexibility index (Phi) is 6.63. The van der Waals surface area contributed by atoms with Gasteiger partial charge in [-0.1, -0.05) is 20.8 Å². The van der Waals surface area contributed by atoms with Gasteiger partial charge in [-0.25, -0.2) is 0 Å². The Bertz CT molecular complexity index is 596. The number of hydrogen-bond acceptors (Lipinski definition) is 4. The molecule has 0 bridgehead atoms. The van der Waals surface area contributed by atoms with Crippen molar-refractivity contribution < 1.29 is 19.3 Å². The maximum absolute atomic E-state index is 9.60. The highest BCUT2D eigenvalue weighted by molar-refractivity contribution is 5.32. The van der Waals surface area contributed by atoms with Crippen LogP contribution in [0.25, 0.3) is 0 Å². The first-order valence-electron chi connectivity index (χ1n) is 12.3. The fraction of sp³-hybridized carbons (Fsp3) is 0.923. The van der Waals surface area contributed by atoms with E-state index < -0.39 is 0 Å². The van der Waals surface area contributed by atoms with Gasteiger partial charge in [0.15, 0.2) is 0 Å². The zero-order valence-electron chi connectivity index (χ0n) is 20.1. The van der Waals surface area contributed by atoms with E-state index in [4.69, 9.17) is 14.2 Å². The summed E-state index contributed by atoms with van der Waals surface area (Å²) >= 11 is 0. The molecule has 0 saturated heterocycles. The van der Waals surface area contributed by atoms with Crippen LogP contribution >= 0.6 is 0 Å². The van der Waals surface area contributed by atoms with E-state index in [9.17, 15) is 5.11 Å². The number of methoxy groups -OCH3 is 3. The van der Waals surface area contributed by atoms with Crippen molar-refractivity contribution in [2.24, 2.45) is 34.5 Å². The Morgan fingerprint density at radius 2 is 1.77 bits per heavy atom. The van der Waals surface area contributed by atoms with Gasteiger partial charge in [-0.05, 0) is 86.4 Å². The molecule has 2 radical (unpaired) electrons. The fourth-order valence-electron chi connectivity index (χ4n) is 8.54. The molecule has 4 aliphatic carbocycles. The number of aliphatic hydroxyl groups excluding tert-OH is 1. The summed E-state index contributed by atoms with van der Waals surface area (Å²) in [5.74, 6) is 5.62. The zero-order valence-corrected chi connectivity index (χ0v) is 20.1. The molecule has 30 heavy (non-hydrogen) atoms. The molecule has 0 aromatic rings. The Morgan fingerprint density at radius 3 is 2.40 bits per heavy atom. The Hall–Kier alpha value is -0.160. The molecule has 4 nitrogen and oxygen atoms in total. The van der Waals surface area contributed by atoms with Gasteiger partial charge in [0.1, 0.15) is 0 Å². The van der Waals surface area contributed by atoms with Crippen molar-refractivity contribution in [2.75, 3.05) is 27.9 Å². The summed E-state index contributed by atoms with van der Waals surface area (Å²) in [6.45, 7) is 7.65. The van der Waals surface area contributed by atoms with Gasteiger partial charge in [-0.3, -0.25) is 0 Å². The largest absolute Gasteiger partial charge is 0.396 e. The summed E-state index contributed by atoms with van der Waals surface area (Å²) in [6, 6.07) is 0. The third kappa shape index (κ3) is 3.31. The van der Waals surface area contributed by atoms with E-state index >= 15 is 0 Å². The second-order valence-corrected chi connectivity index (χ2v) is 11.2. The smallest absolute Gasteiger partial charge is 0.0645 e. The Morgan fingerprint density at radius 1 is 1.00 bits per heavy atom. The minimum atomic E-state index is 0.142. The fourth-order valence-corrected chi connectivity index (χ4v) is 8.54. The van der Waals surface area contributed by atoms with E-state index in [2.05, 4.69) is 20.8 Å². The van der Waals surface area contributed by atoms with Gasteiger partial charge in [0.05, 0.1) is 18.3 Å². The van der Waals surface area contributed by atoms with E-state index in [-0.39, 0.29) is 29.6 Å². The SMILES string of the molecule is CO[C@@H]1CC[C@@]2(C)[C](C1)C[C@@H](OC)[C]1[C@@H]3CC[C@H]([C@H](C)CCO)[C@@]3(C)[C@@H](OC)C[C@@H]12. The first kappa shape index (κ1) is 23.0. The lowest BCUT2D eigenvalue weighted by Crippen LogP contribution is -2.61. The van der Waals surface area contributed by atoms with Crippen molar-refractivity contribution in [3.8, 4) is 0 Å². The van der Waals surface area contributed by atoms with Crippen LogP contribution in [0.15, 0.2) is 0 Å². The van der Waals surface area contributed by atoms with Gasteiger partial charge in [-0.2, -0.15) is 0 Å². The standard InChI is InChI=1S/C26H44O4/c1-16(10-12-27)19-7-8-20-24-21(15-23(30-6)26(19,20)3)25(2)11-9-18(28-4)13-17(25)14-22(24)29-5/h16,18-23,27H,7-15H2,1-6H3/t16-,18-,19-,20+,21+,22-,23+,25+,26-/m1/s1. The van der Waals surface area contributed by atoms with Gasteiger partial charge in [0.2, 0.25) is 0 Å². The molecule has 0 aromatic carbocycles. The summed E-state index contributed by atoms with van der Waals surface area (Å²) in [5.41, 5.74) is 0.399. The van der Waals surface area contributed by atoms with E-state index in [1.165, 1.54) is 19.3 Å². The molecular formula is C26H44O4. The molecule has 0 amide bonds. The monoisotopic (exact) mass is 420 g/mol. The number of hydrogen-bond donors (Lipinski definition) is 1. The average molecular weight is 421 g/mol. The molecule has 4 rings (SSSR count). The highest BCUT2D eigenvalue weighted by Crippen LogP contribution is 2.70. The predicted octanol–water partition coefficient (Wildman–Crippen LogP) is 4.85. The molecule has 0 aliphatic heterocycles. The summed E-state index contributed by atoms with van der Waals surface area (Å²) < 4.78 is 18.3. The van der Waals surface area contributed by atoms with E-state index in [0.29, 0.717) is 29.8 Å². The number of rotatable bonds is 6. The maximum Gasteiger partial charge on any atom is 0.0645 e. The lowest BCUT2D eigenvalue weighted by molar-refractivity contribution is -0.138. The summed E-state index contributed by atoms with van der Waals surface area (Å²) in [5, 5.41) is 9.60. The highest BCUT2D eigenvalue weighted by atomic mass is 16.5. The van der Waals surface area contributed by atoms with Crippen LogP contribution in [0.1, 0.15) is 72.1 Å². The van der Waals surface area contributed by atoms with Gasteiger partial charge < -0.3 is 19.3 Å². The molecule has 4 saturated carbocycles. The van der Waals surface area contributed by atoms with E-state index in [1.54, 1.807) is 11.8 Å². The second-order valence-electron chi connectivity index (χ2n) is 11.2. The van der Waals surface area contributed by atoms with Crippen LogP contribution in [0.3, 0.4) is 0 Å². The third-order valence-corrected chi connectivity index (χ3v) is 10.3. The maximum atomic E-state index is 9.60. The topological polar surface area (TPSA) is 47.9 Å². The minimum Gasteiger partial charge on any atom is -0.396 e. The van der Waals surface area contributed by atoms with Crippen LogP contribution in [0, 0.1) is 46.3 Å². The molecule has 4 fully saturated rings. The number of ether oxygens (including phenoxy) is 3. The molecule has 0 aromatic heterocycles. The lowest BCUT2D eigenvalue weighted by Gasteiger charge is -2.64. The Labute approximate surface area is 184 Å². The molecule has 4 heteroatoms. The van der Waals surface area contributed by atoms with E-state index in [1.807, 2.05) is 21.3 Å². The first-order chi connectivity index (χ1) is 14.3. The van der Waals surface area contributed by atoms with Crippen molar-refractivity contribution in [2.45, 2.75) is 90.4 Å². The zero-order chi connectivity index (χ0) is 21.7. The van der Waals surface area contributed by atoms with Gasteiger partial charge in [0.25, 0.3) is 0 Å². The van der Waals surface area contributed by atoms with E-state index in [0.717, 1.165) is 32.1 Å². The van der Waals surface area contributed by atoms with Crippen LogP contribution in [-0.2, 0) is 14.2 Å². The lowest BCUT2D eigenvalue weighted by atomic mass is 9.43. The minimum absolute atomic E-state index is 0.142. The van der Waals surface area contributed by atoms with Crippen LogP contribution in [0.4, 0.5) is 0 Å². The van der Waals surface area contributed by atoms with Gasteiger partial charge in [0, 0.05) is 39.3 Å². The summed E-state index contributed by atoms with van der Waals surface area (Å²) in [7, 11) is 5.70. The summed E-state index contributed by atoms with van der Waals surface area (Å²) in [6.07, 6.45) is 9.91. The van der Waals surface area contributed by atoms with Crippen molar-refractivity contribution in [3.63, 3.8) is 0 Å². The third-order valence-electron chi connectivity index (χ3n) is 10.3. The normalized spacial score (nSPS) is 48.1. The average Bonchev–Trinajstić information content (AvgIpc) is 3.10. The molecule has 0 spiro atoms. The molecular weight excluding hydrogens is 376 g/mol. The molecule has 172 valence electrons. The van der Waals surface area contributed by atoms with Crippen molar-refractivity contribution in [1.82, 2.24) is 0 Å². The highest BCUT2D eigenvalue weighted by Gasteiger charge is 2.66. The molecule has 1 N–H and O–H groups in total.